The van der Waals surface area contributed by atoms with Crippen LogP contribution in [0.5, 0.6) is 5.75 Å². The lowest BCUT2D eigenvalue weighted by atomic mass is 10.1. The van der Waals surface area contributed by atoms with Crippen molar-refractivity contribution in [2.24, 2.45) is 0 Å². The Kier molecular flexibility index (Phi) is 4.02. The van der Waals surface area contributed by atoms with Crippen LogP contribution in [0.15, 0.2) is 30.9 Å². The number of phenols is 1. The highest BCUT2D eigenvalue weighted by Gasteiger charge is 2.22. The van der Waals surface area contributed by atoms with Crippen LogP contribution in [0.3, 0.4) is 0 Å². The second-order valence-electron chi connectivity index (χ2n) is 3.17. The van der Waals surface area contributed by atoms with Gasteiger partial charge < -0.3 is 10.2 Å². The van der Waals surface area contributed by atoms with Crippen LogP contribution in [-0.2, 0) is 4.79 Å². The number of rotatable bonds is 5. The maximum absolute atomic E-state index is 12.9. The van der Waals surface area contributed by atoms with E-state index < -0.39 is 17.8 Å². The van der Waals surface area contributed by atoms with Gasteiger partial charge in [0.15, 0.2) is 0 Å². The first-order valence-corrected chi connectivity index (χ1v) is 4.61. The van der Waals surface area contributed by atoms with Crippen LogP contribution in [0.4, 0.5) is 4.39 Å². The molecule has 1 aromatic carbocycles. The molecule has 0 saturated carbocycles. The third kappa shape index (κ3) is 2.80. The number of hydrogen-bond acceptors (Lipinski definition) is 3. The smallest absolute Gasteiger partial charge is 0.325 e. The SMILES string of the molecule is C=CCNC(C(=O)O)c1cc(F)ccc1O. The standard InChI is InChI=1S/C11H12FNO3/c1-2-5-13-10(11(15)16)8-6-7(12)3-4-9(8)14/h2-4,6,10,13-14H,1,5H2,(H,15,16). The Morgan fingerprint density at radius 1 is 1.62 bits per heavy atom. The van der Waals surface area contributed by atoms with Gasteiger partial charge in [0.1, 0.15) is 17.6 Å². The lowest BCUT2D eigenvalue weighted by Crippen LogP contribution is -2.28. The molecule has 0 aliphatic heterocycles. The minimum Gasteiger partial charge on any atom is -0.508 e. The molecular weight excluding hydrogens is 213 g/mol. The number of carbonyl (C=O) groups is 1. The number of carboxylic acids is 1. The lowest BCUT2D eigenvalue weighted by Gasteiger charge is -2.14. The lowest BCUT2D eigenvalue weighted by molar-refractivity contribution is -0.139. The summed E-state index contributed by atoms with van der Waals surface area (Å²) >= 11 is 0. The minimum absolute atomic E-state index is 0.00523. The summed E-state index contributed by atoms with van der Waals surface area (Å²) in [7, 11) is 0. The Labute approximate surface area is 92.0 Å². The van der Waals surface area contributed by atoms with Crippen LogP contribution in [0.25, 0.3) is 0 Å². The molecule has 1 rings (SSSR count). The second kappa shape index (κ2) is 5.27. The van der Waals surface area contributed by atoms with Crippen LogP contribution in [0.1, 0.15) is 11.6 Å². The van der Waals surface area contributed by atoms with Gasteiger partial charge in [-0.05, 0) is 18.2 Å². The zero-order valence-electron chi connectivity index (χ0n) is 8.48. The summed E-state index contributed by atoms with van der Waals surface area (Å²) in [4.78, 5) is 10.9. The molecule has 4 nitrogen and oxygen atoms in total. The predicted octanol–water partition coefficient (Wildman–Crippen LogP) is 1.43. The van der Waals surface area contributed by atoms with Gasteiger partial charge in [0.05, 0.1) is 0 Å². The van der Waals surface area contributed by atoms with Crippen LogP contribution >= 0.6 is 0 Å². The van der Waals surface area contributed by atoms with E-state index in [0.29, 0.717) is 0 Å². The van der Waals surface area contributed by atoms with Crippen molar-refractivity contribution < 1.29 is 19.4 Å². The third-order valence-electron chi connectivity index (χ3n) is 2.01. The quantitative estimate of drug-likeness (QED) is 0.663. The summed E-state index contributed by atoms with van der Waals surface area (Å²) in [6.07, 6.45) is 1.48. The van der Waals surface area contributed by atoms with Crippen molar-refractivity contribution in [3.05, 3.63) is 42.2 Å². The first-order chi connectivity index (χ1) is 7.56. The normalized spacial score (nSPS) is 12.1. The molecule has 0 bridgehead atoms. The van der Waals surface area contributed by atoms with Crippen molar-refractivity contribution in [3.8, 4) is 5.75 Å². The number of carboxylic acid groups (broad SMARTS) is 1. The first kappa shape index (κ1) is 12.2. The van der Waals surface area contributed by atoms with E-state index >= 15 is 0 Å². The molecule has 0 aliphatic carbocycles. The molecule has 0 aliphatic rings. The van der Waals surface area contributed by atoms with Crippen molar-refractivity contribution in [3.63, 3.8) is 0 Å². The zero-order chi connectivity index (χ0) is 12.1. The molecule has 5 heteroatoms. The molecule has 3 N–H and O–H groups in total. The van der Waals surface area contributed by atoms with E-state index in [9.17, 15) is 14.3 Å². The Bertz CT molecular complexity index is 406. The van der Waals surface area contributed by atoms with E-state index in [2.05, 4.69) is 11.9 Å². The molecule has 1 aromatic rings. The predicted molar refractivity (Wildman–Crippen MR) is 56.6 cm³/mol. The van der Waals surface area contributed by atoms with Gasteiger partial charge in [-0.2, -0.15) is 0 Å². The third-order valence-corrected chi connectivity index (χ3v) is 2.01. The number of aliphatic carboxylic acids is 1. The number of benzene rings is 1. The largest absolute Gasteiger partial charge is 0.508 e. The topological polar surface area (TPSA) is 69.6 Å². The van der Waals surface area contributed by atoms with Crippen LogP contribution in [0.2, 0.25) is 0 Å². The van der Waals surface area contributed by atoms with Gasteiger partial charge in [-0.3, -0.25) is 10.1 Å². The van der Waals surface area contributed by atoms with E-state index in [1.807, 2.05) is 0 Å². The molecular formula is C11H12FNO3. The van der Waals surface area contributed by atoms with E-state index in [4.69, 9.17) is 5.11 Å². The van der Waals surface area contributed by atoms with E-state index in [-0.39, 0.29) is 17.9 Å². The summed E-state index contributed by atoms with van der Waals surface area (Å²) in [5.41, 5.74) is -0.00523. The summed E-state index contributed by atoms with van der Waals surface area (Å²) in [5, 5.41) is 21.0. The fourth-order valence-corrected chi connectivity index (χ4v) is 1.29. The zero-order valence-corrected chi connectivity index (χ0v) is 8.48. The van der Waals surface area contributed by atoms with Crippen molar-refractivity contribution in [1.82, 2.24) is 5.32 Å². The number of nitrogens with one attached hydrogen (secondary N) is 1. The molecule has 0 amide bonds. The molecule has 1 atom stereocenters. The Hall–Kier alpha value is -1.88. The number of aromatic hydroxyl groups is 1. The highest BCUT2D eigenvalue weighted by molar-refractivity contribution is 5.76. The molecule has 16 heavy (non-hydrogen) atoms. The molecule has 0 radical (unpaired) electrons. The van der Waals surface area contributed by atoms with E-state index in [0.717, 1.165) is 18.2 Å². The Balaban J connectivity index is 3.04. The van der Waals surface area contributed by atoms with E-state index in [1.54, 1.807) is 0 Å². The average molecular weight is 225 g/mol. The maximum atomic E-state index is 12.9. The Morgan fingerprint density at radius 3 is 2.88 bits per heavy atom. The average Bonchev–Trinajstić information content (AvgIpc) is 2.23. The number of halogens is 1. The molecule has 86 valence electrons. The highest BCUT2D eigenvalue weighted by Crippen LogP contribution is 2.25. The van der Waals surface area contributed by atoms with Crippen molar-refractivity contribution >= 4 is 5.97 Å². The molecule has 0 heterocycles. The summed E-state index contributed by atoms with van der Waals surface area (Å²) in [6, 6.07) is 2.01. The van der Waals surface area contributed by atoms with Gasteiger partial charge in [-0.25, -0.2) is 4.39 Å². The molecule has 0 spiro atoms. The fraction of sp³-hybridized carbons (Fsp3) is 0.182. The van der Waals surface area contributed by atoms with Crippen molar-refractivity contribution in [1.29, 1.82) is 0 Å². The highest BCUT2D eigenvalue weighted by atomic mass is 19.1. The van der Waals surface area contributed by atoms with Crippen LogP contribution < -0.4 is 5.32 Å². The van der Waals surface area contributed by atoms with Gasteiger partial charge in [0.25, 0.3) is 0 Å². The molecule has 0 fully saturated rings. The minimum atomic E-state index is -1.19. The summed E-state index contributed by atoms with van der Waals surface area (Å²) in [5.74, 6) is -2.05. The van der Waals surface area contributed by atoms with Gasteiger partial charge >= 0.3 is 5.97 Å². The van der Waals surface area contributed by atoms with Crippen molar-refractivity contribution in [2.75, 3.05) is 6.54 Å². The van der Waals surface area contributed by atoms with Gasteiger partial charge in [0, 0.05) is 12.1 Å². The summed E-state index contributed by atoms with van der Waals surface area (Å²) in [6.45, 7) is 3.68. The van der Waals surface area contributed by atoms with Crippen molar-refractivity contribution in [2.45, 2.75) is 6.04 Å². The van der Waals surface area contributed by atoms with Crippen LogP contribution in [0, 0.1) is 5.82 Å². The molecule has 0 aromatic heterocycles. The Morgan fingerprint density at radius 2 is 2.31 bits per heavy atom. The number of hydrogen-bond donors (Lipinski definition) is 3. The second-order valence-corrected chi connectivity index (χ2v) is 3.17. The molecule has 0 saturated heterocycles. The van der Waals surface area contributed by atoms with Crippen LogP contribution in [-0.4, -0.2) is 22.7 Å². The monoisotopic (exact) mass is 225 g/mol. The number of phenolic OH excluding ortho intramolecular Hbond substituents is 1. The van der Waals surface area contributed by atoms with E-state index in [1.165, 1.54) is 6.08 Å². The van der Waals surface area contributed by atoms with Gasteiger partial charge in [-0.15, -0.1) is 6.58 Å². The fourth-order valence-electron chi connectivity index (χ4n) is 1.29. The van der Waals surface area contributed by atoms with Gasteiger partial charge in [-0.1, -0.05) is 6.08 Å². The first-order valence-electron chi connectivity index (χ1n) is 4.61. The molecule has 1 unspecified atom stereocenters. The maximum Gasteiger partial charge on any atom is 0.325 e. The van der Waals surface area contributed by atoms with Gasteiger partial charge in [0.2, 0.25) is 0 Å². The summed E-state index contributed by atoms with van der Waals surface area (Å²) < 4.78 is 12.9.